The second-order valence-corrected chi connectivity index (χ2v) is 62.8. The van der Waals surface area contributed by atoms with Crippen LogP contribution in [-0.4, -0.2) is 5.25 Å². The van der Waals surface area contributed by atoms with Gasteiger partial charge in [0.05, 0.1) is 0 Å². The van der Waals surface area contributed by atoms with Crippen molar-refractivity contribution in [3.63, 3.8) is 0 Å². The highest BCUT2D eigenvalue weighted by molar-refractivity contribution is 14.6. The molecule has 0 saturated carbocycles. The van der Waals surface area contributed by atoms with Crippen LogP contribution in [0.5, 0.6) is 0 Å². The van der Waals surface area contributed by atoms with Crippen molar-refractivity contribution < 1.29 is 0 Å². The van der Waals surface area contributed by atoms with Gasteiger partial charge in [0.2, 0.25) is 0 Å². The van der Waals surface area contributed by atoms with Crippen molar-refractivity contribution in [2.75, 3.05) is 0 Å². The van der Waals surface area contributed by atoms with Crippen LogP contribution in [0, 0.1) is 0 Å². The minimum absolute atomic E-state index is 0.893. The largest absolute Gasteiger partial charge is 0.114 e. The van der Waals surface area contributed by atoms with Crippen LogP contribution in [-0.2, 0) is 0 Å². The third kappa shape index (κ3) is 7.55. The molecule has 78 valence electrons. The van der Waals surface area contributed by atoms with E-state index < -0.39 is -2.15 Å². The zero-order valence-corrected chi connectivity index (χ0v) is 16.9. The summed E-state index contributed by atoms with van der Waals surface area (Å²) in [5, 5.41) is 0.893. The number of hydrogen-bond donors (Lipinski definition) is 1. The van der Waals surface area contributed by atoms with E-state index in [1.807, 2.05) is 0 Å². The molecule has 5 heteroatoms. The average molecular weight is 640 g/mol. The third-order valence-electron chi connectivity index (χ3n) is 1.89. The first-order valence-corrected chi connectivity index (χ1v) is 17.6. The van der Waals surface area contributed by atoms with E-state index in [-0.39, 0.29) is 0 Å². The first kappa shape index (κ1) is 15.3. The molecule has 0 aromatic carbocycles. The molecule has 0 N–H and O–H groups in total. The highest BCUT2D eigenvalue weighted by atomic mass is 127. The van der Waals surface area contributed by atoms with Gasteiger partial charge < -0.3 is 0 Å². The van der Waals surface area contributed by atoms with Crippen LogP contribution in [0.4, 0.5) is 0 Å². The zero-order chi connectivity index (χ0) is 9.85. The lowest BCUT2D eigenvalue weighted by molar-refractivity contribution is 0.665. The molecule has 0 fully saturated rings. The van der Waals surface area contributed by atoms with E-state index in [1.54, 1.807) is 0 Å². The Labute approximate surface area is 125 Å². The predicted octanol–water partition coefficient (Wildman–Crippen LogP) is 6.43. The van der Waals surface area contributed by atoms with Crippen LogP contribution >= 0.6 is 82.7 Å². The molecular formula is C7H16I4S. The molecule has 0 aliphatic heterocycles. The van der Waals surface area contributed by atoms with Crippen LogP contribution in [0.2, 0.25) is 0 Å². The van der Waals surface area contributed by atoms with Gasteiger partial charge in [-0.1, -0.05) is 33.1 Å². The average Bonchev–Trinajstić information content (AvgIpc) is 1.84. The smallest absolute Gasteiger partial charge is 0.00176 e. The first-order valence-electron chi connectivity index (χ1n) is 4.13. The summed E-state index contributed by atoms with van der Waals surface area (Å²) in [6.45, 7) is 4.68. The van der Waals surface area contributed by atoms with E-state index >= 15 is 0 Å². The Morgan fingerprint density at radius 3 is 1.92 bits per heavy atom. The molecule has 0 amide bonds. The first-order chi connectivity index (χ1) is 5.24. The predicted molar refractivity (Wildman–Crippen MR) is 98.7 cm³/mol. The summed E-state index contributed by atoms with van der Waals surface area (Å²) < 4.78 is -1.39. The number of hydrogen-bond acceptors (Lipinski definition) is 0. The summed E-state index contributed by atoms with van der Waals surface area (Å²) in [7, 11) is 0. The molecule has 0 radical (unpaired) electrons. The molecule has 0 heterocycles. The van der Waals surface area contributed by atoms with Gasteiger partial charge in [-0.25, -0.2) is 0 Å². The summed E-state index contributed by atoms with van der Waals surface area (Å²) in [5.41, 5.74) is 0. The van der Waals surface area contributed by atoms with Crippen molar-refractivity contribution in [2.45, 2.75) is 44.8 Å². The molecule has 0 spiro atoms. The fraction of sp³-hybridized carbons (Fsp3) is 1.00. The Hall–Kier alpha value is 3.27. The van der Waals surface area contributed by atoms with Crippen LogP contribution < -0.4 is 0 Å². The maximum Gasteiger partial charge on any atom is 0.00176 e. The van der Waals surface area contributed by atoms with Crippen LogP contribution in [0.3, 0.4) is 0 Å². The molecule has 12 heavy (non-hydrogen) atoms. The molecule has 0 bridgehead atoms. The standard InChI is InChI=1S/C7H16I4S/c1-3-4-5-6-7(2)12(8,9,10)11/h7,12H,3-6H2,1-2H3. The van der Waals surface area contributed by atoms with Crippen molar-refractivity contribution in [1.29, 1.82) is 0 Å². The number of unbranched alkanes of at least 4 members (excludes halogenated alkanes) is 2. The normalized spacial score (nSPS) is 18.3. The van der Waals surface area contributed by atoms with Crippen molar-refractivity contribution >= 4 is 82.7 Å². The lowest BCUT2D eigenvalue weighted by atomic mass is 10.2. The highest BCUT2D eigenvalue weighted by Crippen LogP contribution is 2.98. The molecule has 0 aliphatic rings. The molecule has 0 nitrogen and oxygen atoms in total. The van der Waals surface area contributed by atoms with Gasteiger partial charge in [-0.3, -0.25) is 0 Å². The molecule has 0 aromatic rings. The lowest BCUT2D eigenvalue weighted by Gasteiger charge is -2.44. The van der Waals surface area contributed by atoms with E-state index in [9.17, 15) is 0 Å². The lowest BCUT2D eigenvalue weighted by Crippen LogP contribution is -2.05. The summed E-state index contributed by atoms with van der Waals surface area (Å²) in [5.74, 6) is 0. The molecule has 0 aliphatic carbocycles. The molecule has 1 atom stereocenters. The van der Waals surface area contributed by atoms with Gasteiger partial charge in [0.15, 0.2) is 0 Å². The Bertz CT molecular complexity index is 131. The Morgan fingerprint density at radius 1 is 1.08 bits per heavy atom. The van der Waals surface area contributed by atoms with Crippen molar-refractivity contribution in [3.8, 4) is 0 Å². The molecule has 0 rings (SSSR count). The summed E-state index contributed by atoms with van der Waals surface area (Å²) in [4.78, 5) is 0. The zero-order valence-electron chi connectivity index (χ0n) is 7.36. The van der Waals surface area contributed by atoms with E-state index in [1.165, 1.54) is 25.7 Å². The third-order valence-corrected chi connectivity index (χ3v) is 14.9. The van der Waals surface area contributed by atoms with Crippen LogP contribution in [0.25, 0.3) is 0 Å². The monoisotopic (exact) mass is 640 g/mol. The van der Waals surface area contributed by atoms with Gasteiger partial charge >= 0.3 is 0 Å². The van der Waals surface area contributed by atoms with Gasteiger partial charge in [-0.2, -0.15) is 0 Å². The minimum Gasteiger partial charge on any atom is -0.114 e. The summed E-state index contributed by atoms with van der Waals surface area (Å²) in [6, 6.07) is 0. The SMILES string of the molecule is CCCCCC(C)[SH](I)(I)(I)I. The van der Waals surface area contributed by atoms with E-state index in [0.29, 0.717) is 0 Å². The molecule has 0 saturated heterocycles. The van der Waals surface area contributed by atoms with Gasteiger partial charge in [0, 0.05) is 5.25 Å². The Kier molecular flexibility index (Phi) is 7.78. The van der Waals surface area contributed by atoms with Gasteiger partial charge in [-0.05, 0) is 91.2 Å². The number of halogens is 4. The quantitative estimate of drug-likeness (QED) is 0.200. The van der Waals surface area contributed by atoms with Crippen molar-refractivity contribution in [3.05, 3.63) is 0 Å². The molecular weight excluding hydrogens is 624 g/mol. The van der Waals surface area contributed by atoms with E-state index in [0.717, 1.165) is 5.25 Å². The summed E-state index contributed by atoms with van der Waals surface area (Å²) in [6.07, 6.45) is 5.56. The maximum atomic E-state index is 2.68. The second kappa shape index (κ2) is 6.12. The fourth-order valence-electron chi connectivity index (χ4n) is 0.885. The number of rotatable bonds is 5. The van der Waals surface area contributed by atoms with Gasteiger partial charge in [-0.15, -0.1) is -2.15 Å². The number of thiol groups is 1. The van der Waals surface area contributed by atoms with Crippen molar-refractivity contribution in [2.24, 2.45) is 0 Å². The van der Waals surface area contributed by atoms with Crippen LogP contribution in [0.15, 0.2) is 0 Å². The van der Waals surface area contributed by atoms with E-state index in [4.69, 9.17) is 0 Å². The topological polar surface area (TPSA) is 0 Å². The fourth-order valence-corrected chi connectivity index (χ4v) is 4.80. The molecule has 1 unspecified atom stereocenters. The van der Waals surface area contributed by atoms with Gasteiger partial charge in [0.25, 0.3) is 0 Å². The maximum absolute atomic E-state index is 2.68. The minimum atomic E-state index is -1.39. The Balaban J connectivity index is 3.81. The summed E-state index contributed by atoms with van der Waals surface area (Å²) >= 11 is 10.7. The second-order valence-electron chi connectivity index (χ2n) is 3.12. The highest BCUT2D eigenvalue weighted by Gasteiger charge is 2.33. The van der Waals surface area contributed by atoms with Crippen LogP contribution in [0.1, 0.15) is 39.5 Å². The van der Waals surface area contributed by atoms with Gasteiger partial charge in [0.1, 0.15) is 0 Å². The van der Waals surface area contributed by atoms with E-state index in [2.05, 4.69) is 98.7 Å². The Morgan fingerprint density at radius 2 is 1.58 bits per heavy atom. The molecule has 0 aromatic heterocycles. The van der Waals surface area contributed by atoms with Crippen molar-refractivity contribution in [1.82, 2.24) is 0 Å².